The van der Waals surface area contributed by atoms with Crippen LogP contribution in [0.2, 0.25) is 0 Å². The number of carboxylic acid groups (broad SMARTS) is 2. The van der Waals surface area contributed by atoms with Gasteiger partial charge in [0.25, 0.3) is 0 Å². The third kappa shape index (κ3) is 8.87. The van der Waals surface area contributed by atoms with Gasteiger partial charge in [-0.15, -0.1) is 0 Å². The molecule has 118 valence electrons. The molecule has 6 heteroatoms. The highest BCUT2D eigenvalue weighted by atomic mass is 16.4. The molecule has 0 amide bonds. The first-order chi connectivity index (χ1) is 9.40. The van der Waals surface area contributed by atoms with Gasteiger partial charge in [0.15, 0.2) is 0 Å². The van der Waals surface area contributed by atoms with E-state index in [0.29, 0.717) is 13.1 Å². The van der Waals surface area contributed by atoms with Crippen molar-refractivity contribution in [2.45, 2.75) is 33.6 Å². The van der Waals surface area contributed by atoms with Crippen LogP contribution in [0.3, 0.4) is 0 Å². The van der Waals surface area contributed by atoms with Gasteiger partial charge < -0.3 is 20.0 Å². The molecule has 0 aromatic carbocycles. The number of carbonyl (C=O) groups is 2. The highest BCUT2D eigenvalue weighted by Crippen LogP contribution is 2.04. The van der Waals surface area contributed by atoms with Crippen molar-refractivity contribution >= 4 is 11.9 Å². The minimum absolute atomic E-state index is 0.0532. The van der Waals surface area contributed by atoms with Crippen LogP contribution < -0.4 is 0 Å². The zero-order valence-electron chi connectivity index (χ0n) is 12.8. The molecular weight excluding hydrogens is 260 g/mol. The maximum atomic E-state index is 10.9. The van der Waals surface area contributed by atoms with E-state index in [1.807, 2.05) is 4.90 Å². The Labute approximate surface area is 121 Å². The second kappa shape index (κ2) is 10.6. The lowest BCUT2D eigenvalue weighted by Crippen LogP contribution is -2.36. The minimum atomic E-state index is -0.846. The van der Waals surface area contributed by atoms with E-state index in [1.165, 1.54) is 0 Å². The number of hydrogen-bond donors (Lipinski definition) is 2. The number of aliphatic carboxylic acids is 2. The van der Waals surface area contributed by atoms with Crippen LogP contribution in [0.4, 0.5) is 0 Å². The lowest BCUT2D eigenvalue weighted by molar-refractivity contribution is -0.141. The molecule has 0 aliphatic heterocycles. The Hall–Kier alpha value is -1.14. The molecule has 0 spiro atoms. The summed E-state index contributed by atoms with van der Waals surface area (Å²) in [5, 5.41) is 17.7. The Balaban J connectivity index is 4.22. The molecule has 0 heterocycles. The van der Waals surface area contributed by atoms with Crippen molar-refractivity contribution in [3.63, 3.8) is 0 Å². The largest absolute Gasteiger partial charge is 0.481 e. The molecule has 0 aromatic heterocycles. The first-order valence-corrected chi connectivity index (χ1v) is 7.29. The maximum absolute atomic E-state index is 10.9. The van der Waals surface area contributed by atoms with Gasteiger partial charge in [0.2, 0.25) is 0 Å². The van der Waals surface area contributed by atoms with Crippen LogP contribution in [0.1, 0.15) is 33.6 Å². The fourth-order valence-electron chi connectivity index (χ4n) is 2.07. The van der Waals surface area contributed by atoms with Crippen LogP contribution in [0.15, 0.2) is 0 Å². The predicted molar refractivity (Wildman–Crippen MR) is 77.9 cm³/mol. The Morgan fingerprint density at radius 3 is 2.00 bits per heavy atom. The molecule has 1 unspecified atom stereocenters. The summed E-state index contributed by atoms with van der Waals surface area (Å²) in [5.74, 6) is -2.16. The van der Waals surface area contributed by atoms with E-state index in [9.17, 15) is 9.59 Å². The van der Waals surface area contributed by atoms with E-state index in [0.717, 1.165) is 32.6 Å². The minimum Gasteiger partial charge on any atom is -0.481 e. The Bertz CT molecular complexity index is 293. The van der Waals surface area contributed by atoms with E-state index in [2.05, 4.69) is 18.7 Å². The van der Waals surface area contributed by atoms with E-state index in [1.54, 1.807) is 6.92 Å². The van der Waals surface area contributed by atoms with Crippen molar-refractivity contribution in [1.82, 2.24) is 9.80 Å². The van der Waals surface area contributed by atoms with E-state index >= 15 is 0 Å². The third-order valence-electron chi connectivity index (χ3n) is 3.44. The molecule has 0 bridgehead atoms. The van der Waals surface area contributed by atoms with E-state index in [4.69, 9.17) is 10.2 Å². The maximum Gasteiger partial charge on any atom is 0.307 e. The molecule has 2 N–H and O–H groups in total. The van der Waals surface area contributed by atoms with E-state index in [-0.39, 0.29) is 6.42 Å². The van der Waals surface area contributed by atoms with Crippen LogP contribution >= 0.6 is 0 Å². The van der Waals surface area contributed by atoms with Crippen LogP contribution in [0.5, 0.6) is 0 Å². The summed E-state index contributed by atoms with van der Waals surface area (Å²) in [5.41, 5.74) is 0. The quantitative estimate of drug-likeness (QED) is 0.562. The molecule has 0 radical (unpaired) electrons. The number of carboxylic acids is 2. The third-order valence-corrected chi connectivity index (χ3v) is 3.44. The Morgan fingerprint density at radius 1 is 1.00 bits per heavy atom. The molecule has 1 atom stereocenters. The van der Waals surface area contributed by atoms with Crippen LogP contribution in [-0.2, 0) is 9.59 Å². The highest BCUT2D eigenvalue weighted by Gasteiger charge is 2.16. The average molecular weight is 288 g/mol. The standard InChI is InChI=1S/C14H28N2O4/c1-4-15(5-2)8-6-9-16(10-7-13(17)18)11-12(3)14(19)20/h12H,4-11H2,1-3H3,(H,17,18)(H,19,20). The lowest BCUT2D eigenvalue weighted by Gasteiger charge is -2.25. The second-order valence-corrected chi connectivity index (χ2v) is 5.06. The molecule has 0 aliphatic carbocycles. The Kier molecular flexibility index (Phi) is 10.0. The SMILES string of the molecule is CCN(CC)CCCN(CCC(=O)O)CC(C)C(=O)O. The van der Waals surface area contributed by atoms with Crippen molar-refractivity contribution in [3.8, 4) is 0 Å². The summed E-state index contributed by atoms with van der Waals surface area (Å²) < 4.78 is 0. The molecule has 0 saturated heterocycles. The highest BCUT2D eigenvalue weighted by molar-refractivity contribution is 5.69. The lowest BCUT2D eigenvalue weighted by atomic mass is 10.1. The predicted octanol–water partition coefficient (Wildman–Crippen LogP) is 1.22. The monoisotopic (exact) mass is 288 g/mol. The van der Waals surface area contributed by atoms with Gasteiger partial charge >= 0.3 is 11.9 Å². The molecule has 0 aliphatic rings. The van der Waals surface area contributed by atoms with Gasteiger partial charge in [0, 0.05) is 13.1 Å². The normalized spacial score (nSPS) is 12.8. The van der Waals surface area contributed by atoms with Gasteiger partial charge in [-0.05, 0) is 32.6 Å². The fraction of sp³-hybridized carbons (Fsp3) is 0.857. The van der Waals surface area contributed by atoms with Crippen LogP contribution in [0, 0.1) is 5.92 Å². The summed E-state index contributed by atoms with van der Waals surface area (Å²) in [4.78, 5) is 25.8. The zero-order valence-corrected chi connectivity index (χ0v) is 12.8. The average Bonchev–Trinajstić information content (AvgIpc) is 2.40. The van der Waals surface area contributed by atoms with Gasteiger partial charge in [-0.2, -0.15) is 0 Å². The first kappa shape index (κ1) is 18.9. The van der Waals surface area contributed by atoms with Gasteiger partial charge in [-0.1, -0.05) is 20.8 Å². The summed E-state index contributed by atoms with van der Waals surface area (Å²) in [6.45, 7) is 10.4. The summed E-state index contributed by atoms with van der Waals surface area (Å²) in [6.07, 6.45) is 0.977. The van der Waals surface area contributed by atoms with Crippen LogP contribution in [-0.4, -0.2) is 71.2 Å². The summed E-state index contributed by atoms with van der Waals surface area (Å²) >= 11 is 0. The van der Waals surface area contributed by atoms with Gasteiger partial charge in [0.05, 0.1) is 12.3 Å². The smallest absolute Gasteiger partial charge is 0.307 e. The van der Waals surface area contributed by atoms with Crippen molar-refractivity contribution in [3.05, 3.63) is 0 Å². The molecular formula is C14H28N2O4. The van der Waals surface area contributed by atoms with Gasteiger partial charge in [-0.25, -0.2) is 0 Å². The number of hydrogen-bond acceptors (Lipinski definition) is 4. The number of nitrogens with zero attached hydrogens (tertiary/aromatic N) is 2. The zero-order chi connectivity index (χ0) is 15.5. The van der Waals surface area contributed by atoms with Crippen molar-refractivity contribution in [2.75, 3.05) is 39.3 Å². The topological polar surface area (TPSA) is 81.1 Å². The van der Waals surface area contributed by atoms with E-state index < -0.39 is 17.9 Å². The molecule has 0 fully saturated rings. The van der Waals surface area contributed by atoms with Crippen molar-refractivity contribution < 1.29 is 19.8 Å². The van der Waals surface area contributed by atoms with Crippen molar-refractivity contribution in [2.24, 2.45) is 5.92 Å². The van der Waals surface area contributed by atoms with Crippen molar-refractivity contribution in [1.29, 1.82) is 0 Å². The molecule has 0 saturated carbocycles. The fourth-order valence-corrected chi connectivity index (χ4v) is 2.07. The molecule has 0 aromatic rings. The number of rotatable bonds is 12. The van der Waals surface area contributed by atoms with Gasteiger partial charge in [-0.3, -0.25) is 9.59 Å². The second-order valence-electron chi connectivity index (χ2n) is 5.06. The molecule has 6 nitrogen and oxygen atoms in total. The van der Waals surface area contributed by atoms with Crippen LogP contribution in [0.25, 0.3) is 0 Å². The van der Waals surface area contributed by atoms with Gasteiger partial charge in [0.1, 0.15) is 0 Å². The Morgan fingerprint density at radius 2 is 1.55 bits per heavy atom. The summed E-state index contributed by atoms with van der Waals surface area (Å²) in [7, 11) is 0. The summed E-state index contributed by atoms with van der Waals surface area (Å²) in [6, 6.07) is 0. The molecule has 0 rings (SSSR count). The first-order valence-electron chi connectivity index (χ1n) is 7.29. The molecule has 20 heavy (non-hydrogen) atoms.